The molecule has 0 saturated heterocycles. The van der Waals surface area contributed by atoms with Gasteiger partial charge in [0, 0.05) is 16.1 Å². The Kier molecular flexibility index (Phi) is 6.33. The molecule has 2 aromatic rings. The van der Waals surface area contributed by atoms with Gasteiger partial charge in [0.05, 0.1) is 7.11 Å². The summed E-state index contributed by atoms with van der Waals surface area (Å²) in [6.45, 7) is 0. The molecule has 0 bridgehead atoms. The molecule has 0 radical (unpaired) electrons. The van der Waals surface area contributed by atoms with E-state index in [0.717, 1.165) is 12.6 Å². The molecule has 0 unspecified atom stereocenters. The van der Waals surface area contributed by atoms with Gasteiger partial charge in [0.2, 0.25) is 0 Å². The molecule has 98 valence electrons. The normalized spacial score (nSPS) is 8.95. The molecule has 0 aliphatic heterocycles. The molecule has 0 saturated carbocycles. The summed E-state index contributed by atoms with van der Waals surface area (Å²) in [6, 6.07) is 13.7. The number of carbonyl (C=O) groups is 2. The minimum atomic E-state index is 0.638. The largest absolute Gasteiger partial charge is 0.497 e. The number of aldehydes is 2. The molecule has 0 aliphatic carbocycles. The maximum absolute atomic E-state index is 10.2. The molecule has 0 atom stereocenters. The van der Waals surface area contributed by atoms with Gasteiger partial charge in [-0.15, -0.1) is 0 Å². The number of methoxy groups -OCH3 is 1. The van der Waals surface area contributed by atoms with Crippen molar-refractivity contribution in [1.29, 1.82) is 0 Å². The maximum Gasteiger partial charge on any atom is 0.150 e. The van der Waals surface area contributed by atoms with Crippen LogP contribution < -0.4 is 4.74 Å². The van der Waals surface area contributed by atoms with Crippen molar-refractivity contribution in [1.82, 2.24) is 0 Å². The van der Waals surface area contributed by atoms with Gasteiger partial charge >= 0.3 is 0 Å². The van der Waals surface area contributed by atoms with Gasteiger partial charge in [-0.05, 0) is 24.3 Å². The Bertz CT molecular complexity index is 535. The highest BCUT2D eigenvalue weighted by molar-refractivity contribution is 6.30. The van der Waals surface area contributed by atoms with Crippen LogP contribution in [0.25, 0.3) is 0 Å². The number of hydrogen-bond acceptors (Lipinski definition) is 3. The monoisotopic (exact) mass is 276 g/mol. The van der Waals surface area contributed by atoms with E-state index in [-0.39, 0.29) is 0 Å². The fourth-order valence-electron chi connectivity index (χ4n) is 1.26. The molecule has 0 aliphatic rings. The molecule has 0 fully saturated rings. The second-order valence-corrected chi connectivity index (χ2v) is 4.00. The highest BCUT2D eigenvalue weighted by Crippen LogP contribution is 2.10. The lowest BCUT2D eigenvalue weighted by Crippen LogP contribution is -1.84. The Morgan fingerprint density at radius 3 is 2.11 bits per heavy atom. The zero-order chi connectivity index (χ0) is 14.1. The standard InChI is InChI=1S/C8H8O2.C7H5ClO/c1-10-8-4-2-3-7(5-8)6-9;8-7-3-1-6(5-9)2-4-7/h2-6H,1H3;1-5H. The highest BCUT2D eigenvalue weighted by atomic mass is 35.5. The molecule has 0 spiro atoms. The third kappa shape index (κ3) is 5.36. The number of halogens is 1. The Labute approximate surface area is 116 Å². The fourth-order valence-corrected chi connectivity index (χ4v) is 1.38. The third-order valence-corrected chi connectivity index (χ3v) is 2.49. The van der Waals surface area contributed by atoms with Gasteiger partial charge in [-0.2, -0.15) is 0 Å². The second-order valence-electron chi connectivity index (χ2n) is 3.56. The summed E-state index contributed by atoms with van der Waals surface area (Å²) in [5, 5.41) is 0.653. The summed E-state index contributed by atoms with van der Waals surface area (Å²) in [6.07, 6.45) is 1.58. The first-order chi connectivity index (χ1) is 9.19. The van der Waals surface area contributed by atoms with Gasteiger partial charge in [0.1, 0.15) is 18.3 Å². The number of benzene rings is 2. The predicted octanol–water partition coefficient (Wildman–Crippen LogP) is 3.66. The van der Waals surface area contributed by atoms with Crippen molar-refractivity contribution in [2.75, 3.05) is 7.11 Å². The zero-order valence-corrected chi connectivity index (χ0v) is 11.1. The van der Waals surface area contributed by atoms with Crippen LogP contribution in [-0.4, -0.2) is 19.7 Å². The number of ether oxygens (including phenoxy) is 1. The fraction of sp³-hybridized carbons (Fsp3) is 0.0667. The Balaban J connectivity index is 0.000000191. The van der Waals surface area contributed by atoms with Crippen molar-refractivity contribution >= 4 is 24.2 Å². The average Bonchev–Trinajstić information content (AvgIpc) is 2.48. The Morgan fingerprint density at radius 2 is 1.58 bits per heavy atom. The average molecular weight is 277 g/mol. The molecule has 4 heteroatoms. The van der Waals surface area contributed by atoms with E-state index in [1.807, 2.05) is 0 Å². The lowest BCUT2D eigenvalue weighted by Gasteiger charge is -1.97. The molecule has 2 rings (SSSR count). The van der Waals surface area contributed by atoms with E-state index < -0.39 is 0 Å². The van der Waals surface area contributed by atoms with Crippen LogP contribution >= 0.6 is 11.6 Å². The number of rotatable bonds is 3. The van der Waals surface area contributed by atoms with Crippen LogP contribution in [0.4, 0.5) is 0 Å². The van der Waals surface area contributed by atoms with Crippen molar-refractivity contribution in [2.24, 2.45) is 0 Å². The summed E-state index contributed by atoms with van der Waals surface area (Å²) >= 11 is 5.55. The van der Waals surface area contributed by atoms with Crippen LogP contribution in [0.1, 0.15) is 20.7 Å². The lowest BCUT2D eigenvalue weighted by molar-refractivity contribution is 0.111. The predicted molar refractivity (Wildman–Crippen MR) is 75.2 cm³/mol. The van der Waals surface area contributed by atoms with E-state index in [1.54, 1.807) is 55.6 Å². The molecule has 0 N–H and O–H groups in total. The van der Waals surface area contributed by atoms with Crippen LogP contribution in [0.2, 0.25) is 5.02 Å². The van der Waals surface area contributed by atoms with Gasteiger partial charge in [-0.3, -0.25) is 9.59 Å². The topological polar surface area (TPSA) is 43.4 Å². The van der Waals surface area contributed by atoms with Crippen molar-refractivity contribution in [3.63, 3.8) is 0 Å². The minimum Gasteiger partial charge on any atom is -0.497 e. The molecule has 0 amide bonds. The first kappa shape index (κ1) is 14.9. The molecule has 0 aromatic heterocycles. The van der Waals surface area contributed by atoms with Gasteiger partial charge < -0.3 is 4.74 Å². The van der Waals surface area contributed by atoms with E-state index in [0.29, 0.717) is 21.9 Å². The highest BCUT2D eigenvalue weighted by Gasteiger charge is 1.91. The quantitative estimate of drug-likeness (QED) is 0.804. The maximum atomic E-state index is 10.2. The molecule has 2 aromatic carbocycles. The Hall–Kier alpha value is -2.13. The summed E-state index contributed by atoms with van der Waals surface area (Å²) in [5.74, 6) is 0.713. The van der Waals surface area contributed by atoms with Gasteiger partial charge in [0.15, 0.2) is 0 Å². The minimum absolute atomic E-state index is 0.638. The second kappa shape index (κ2) is 8.06. The van der Waals surface area contributed by atoms with Crippen molar-refractivity contribution in [3.8, 4) is 5.75 Å². The SMILES string of the molecule is COc1cccc(C=O)c1.O=Cc1ccc(Cl)cc1. The summed E-state index contributed by atoms with van der Waals surface area (Å²) in [7, 11) is 1.57. The Morgan fingerprint density at radius 1 is 0.947 bits per heavy atom. The molecular formula is C15H13ClO3. The third-order valence-electron chi connectivity index (χ3n) is 2.24. The summed E-state index contributed by atoms with van der Waals surface area (Å²) in [5.41, 5.74) is 1.29. The van der Waals surface area contributed by atoms with E-state index in [1.165, 1.54) is 0 Å². The van der Waals surface area contributed by atoms with E-state index in [9.17, 15) is 9.59 Å². The van der Waals surface area contributed by atoms with Crippen molar-refractivity contribution in [3.05, 3.63) is 64.7 Å². The van der Waals surface area contributed by atoms with Crippen molar-refractivity contribution in [2.45, 2.75) is 0 Å². The van der Waals surface area contributed by atoms with Gasteiger partial charge in [-0.25, -0.2) is 0 Å². The van der Waals surface area contributed by atoms with Crippen LogP contribution in [0.5, 0.6) is 5.75 Å². The van der Waals surface area contributed by atoms with E-state index >= 15 is 0 Å². The smallest absolute Gasteiger partial charge is 0.150 e. The molecule has 0 heterocycles. The number of carbonyl (C=O) groups excluding carboxylic acids is 2. The molecule has 3 nitrogen and oxygen atoms in total. The molecular weight excluding hydrogens is 264 g/mol. The van der Waals surface area contributed by atoms with Crippen LogP contribution in [0.3, 0.4) is 0 Å². The van der Waals surface area contributed by atoms with Gasteiger partial charge in [0.25, 0.3) is 0 Å². The first-order valence-corrected chi connectivity index (χ1v) is 5.87. The summed E-state index contributed by atoms with van der Waals surface area (Å²) < 4.78 is 4.90. The van der Waals surface area contributed by atoms with E-state index in [2.05, 4.69) is 0 Å². The molecule has 19 heavy (non-hydrogen) atoms. The lowest BCUT2D eigenvalue weighted by atomic mass is 10.2. The zero-order valence-electron chi connectivity index (χ0n) is 10.4. The number of hydrogen-bond donors (Lipinski definition) is 0. The van der Waals surface area contributed by atoms with Crippen LogP contribution in [-0.2, 0) is 0 Å². The first-order valence-electron chi connectivity index (χ1n) is 5.49. The van der Waals surface area contributed by atoms with E-state index in [4.69, 9.17) is 16.3 Å². The van der Waals surface area contributed by atoms with Crippen molar-refractivity contribution < 1.29 is 14.3 Å². The van der Waals surface area contributed by atoms with Crippen LogP contribution in [0.15, 0.2) is 48.5 Å². The van der Waals surface area contributed by atoms with Crippen LogP contribution in [0, 0.1) is 0 Å². The summed E-state index contributed by atoms with van der Waals surface area (Å²) in [4.78, 5) is 20.3. The van der Waals surface area contributed by atoms with Gasteiger partial charge in [-0.1, -0.05) is 35.9 Å².